The molecule has 0 aliphatic rings. The number of hydrogen-bond acceptors (Lipinski definition) is 3. The second kappa shape index (κ2) is 4.84. The molecule has 0 amide bonds. The highest BCUT2D eigenvalue weighted by molar-refractivity contribution is 6.66. The van der Waals surface area contributed by atoms with E-state index < -0.39 is 9.61 Å². The van der Waals surface area contributed by atoms with Gasteiger partial charge >= 0.3 is 0 Å². The predicted molar refractivity (Wildman–Crippen MR) is 65.9 cm³/mol. The van der Waals surface area contributed by atoms with Gasteiger partial charge in [0.05, 0.1) is 5.69 Å². The monoisotopic (exact) mass is 307 g/mol. The molecule has 0 saturated heterocycles. The lowest BCUT2D eigenvalue weighted by Gasteiger charge is -2.13. The van der Waals surface area contributed by atoms with E-state index in [2.05, 4.69) is 10.3 Å². The molecule has 2 aromatic rings. The van der Waals surface area contributed by atoms with Gasteiger partial charge in [0.15, 0.2) is 12.0 Å². The first-order valence-electron chi connectivity index (χ1n) is 4.67. The van der Waals surface area contributed by atoms with Crippen molar-refractivity contribution in [3.63, 3.8) is 0 Å². The highest BCUT2D eigenvalue weighted by Crippen LogP contribution is 2.39. The molecular weight excluding hydrogens is 303 g/mol. The van der Waals surface area contributed by atoms with Gasteiger partial charge in [0.1, 0.15) is 11.5 Å². The number of hydrogen-bond donors (Lipinski definition) is 0. The molecule has 2 rings (SSSR count). The molecule has 1 heterocycles. The average molecular weight is 309 g/mol. The van der Waals surface area contributed by atoms with Crippen LogP contribution < -0.4 is 0 Å². The quantitative estimate of drug-likeness (QED) is 0.633. The Labute approximate surface area is 116 Å². The molecule has 8 heteroatoms. The van der Waals surface area contributed by atoms with Gasteiger partial charge in [-0.3, -0.25) is 4.79 Å². The van der Waals surface area contributed by atoms with Crippen LogP contribution in [-0.4, -0.2) is 21.3 Å². The van der Waals surface area contributed by atoms with Gasteiger partial charge in [0, 0.05) is 0 Å². The van der Waals surface area contributed by atoms with Crippen LogP contribution in [0, 0.1) is 5.82 Å². The van der Waals surface area contributed by atoms with Gasteiger partial charge in [-0.2, -0.15) is 0 Å². The Bertz CT molecular complexity index is 594. The molecule has 18 heavy (non-hydrogen) atoms. The number of nitrogens with zero attached hydrogens (tertiary/aromatic N) is 3. The first-order valence-corrected chi connectivity index (χ1v) is 5.81. The molecule has 0 aliphatic heterocycles. The van der Waals surface area contributed by atoms with Gasteiger partial charge in [0.2, 0.25) is 3.79 Å². The molecule has 1 aromatic heterocycles. The summed E-state index contributed by atoms with van der Waals surface area (Å²) in [5.74, 6) is -0.481. The van der Waals surface area contributed by atoms with Crippen molar-refractivity contribution in [1.82, 2.24) is 15.0 Å². The normalized spacial score (nSPS) is 11.6. The van der Waals surface area contributed by atoms with E-state index in [-0.39, 0.29) is 11.4 Å². The summed E-state index contributed by atoms with van der Waals surface area (Å²) >= 11 is 17.3. The third-order valence-electron chi connectivity index (χ3n) is 2.13. The Morgan fingerprint density at radius 1 is 1.33 bits per heavy atom. The first-order chi connectivity index (χ1) is 8.43. The minimum absolute atomic E-state index is 0.0342. The van der Waals surface area contributed by atoms with Crippen LogP contribution in [0.1, 0.15) is 16.2 Å². The minimum Gasteiger partial charge on any atom is -0.296 e. The summed E-state index contributed by atoms with van der Waals surface area (Å²) in [6.07, 6.45) is 0.417. The molecule has 1 aromatic carbocycles. The number of aromatic nitrogens is 3. The summed E-state index contributed by atoms with van der Waals surface area (Å²) in [7, 11) is 0. The fraction of sp³-hybridized carbons (Fsp3) is 0.100. The maximum absolute atomic E-state index is 13.1. The van der Waals surface area contributed by atoms with Gasteiger partial charge in [0.25, 0.3) is 0 Å². The van der Waals surface area contributed by atoms with E-state index in [1.165, 1.54) is 18.2 Å². The zero-order valence-electron chi connectivity index (χ0n) is 8.65. The van der Waals surface area contributed by atoms with Crippen LogP contribution >= 0.6 is 34.8 Å². The van der Waals surface area contributed by atoms with Gasteiger partial charge < -0.3 is 0 Å². The molecule has 0 radical (unpaired) electrons. The van der Waals surface area contributed by atoms with E-state index in [4.69, 9.17) is 34.8 Å². The van der Waals surface area contributed by atoms with E-state index in [0.29, 0.717) is 12.0 Å². The molecule has 0 fully saturated rings. The van der Waals surface area contributed by atoms with E-state index in [0.717, 1.165) is 4.68 Å². The lowest BCUT2D eigenvalue weighted by atomic mass is 10.3. The molecule has 0 N–H and O–H groups in total. The minimum atomic E-state index is -1.90. The summed E-state index contributed by atoms with van der Waals surface area (Å²) in [4.78, 5) is 10.8. The first kappa shape index (κ1) is 13.3. The Morgan fingerprint density at radius 2 is 2.06 bits per heavy atom. The molecule has 0 saturated carbocycles. The number of carbonyl (C=O) groups is 1. The highest BCUT2D eigenvalue weighted by atomic mass is 35.6. The van der Waals surface area contributed by atoms with Gasteiger partial charge in [-0.25, -0.2) is 9.07 Å². The summed E-state index contributed by atoms with van der Waals surface area (Å²) in [5.41, 5.74) is 0.157. The average Bonchev–Trinajstić information content (AvgIpc) is 2.72. The topological polar surface area (TPSA) is 47.8 Å². The van der Waals surface area contributed by atoms with E-state index in [1.54, 1.807) is 6.07 Å². The van der Waals surface area contributed by atoms with Crippen molar-refractivity contribution in [3.05, 3.63) is 41.5 Å². The molecule has 0 aliphatic carbocycles. The number of alkyl halides is 3. The van der Waals surface area contributed by atoms with E-state index in [9.17, 15) is 9.18 Å². The number of carbonyl (C=O) groups excluding carboxylic acids is 1. The van der Waals surface area contributed by atoms with Crippen LogP contribution in [0.25, 0.3) is 5.69 Å². The standard InChI is InChI=1S/C10H5Cl3FN3O/c11-10(12,13)9-8(5-18)15-16-17(9)7-3-1-2-6(14)4-7/h1-5H. The Morgan fingerprint density at radius 3 is 2.61 bits per heavy atom. The summed E-state index contributed by atoms with van der Waals surface area (Å²) < 4.78 is 12.4. The molecular formula is C10H5Cl3FN3O. The molecule has 94 valence electrons. The van der Waals surface area contributed by atoms with Crippen molar-refractivity contribution >= 4 is 41.1 Å². The second-order valence-electron chi connectivity index (χ2n) is 3.33. The molecule has 0 spiro atoms. The zero-order valence-corrected chi connectivity index (χ0v) is 10.9. The van der Waals surface area contributed by atoms with Crippen molar-refractivity contribution in [2.75, 3.05) is 0 Å². The predicted octanol–water partition coefficient (Wildman–Crippen LogP) is 3.05. The highest BCUT2D eigenvalue weighted by Gasteiger charge is 2.33. The van der Waals surface area contributed by atoms with Crippen molar-refractivity contribution in [1.29, 1.82) is 0 Å². The van der Waals surface area contributed by atoms with Crippen LogP contribution in [0.3, 0.4) is 0 Å². The Balaban J connectivity index is 2.65. The Hall–Kier alpha value is -1.17. The maximum Gasteiger partial charge on any atom is 0.235 e. The largest absolute Gasteiger partial charge is 0.296 e. The van der Waals surface area contributed by atoms with Crippen LogP contribution in [0.2, 0.25) is 0 Å². The number of aldehydes is 1. The van der Waals surface area contributed by atoms with Crippen LogP contribution in [0.4, 0.5) is 4.39 Å². The van der Waals surface area contributed by atoms with Crippen LogP contribution in [0.15, 0.2) is 24.3 Å². The van der Waals surface area contributed by atoms with Gasteiger partial charge in [-0.05, 0) is 18.2 Å². The number of rotatable bonds is 2. The summed E-state index contributed by atoms with van der Waals surface area (Å²) in [5, 5.41) is 7.26. The molecule has 0 unspecified atom stereocenters. The van der Waals surface area contributed by atoms with Gasteiger partial charge in [-0.15, -0.1) is 5.10 Å². The van der Waals surface area contributed by atoms with Crippen molar-refractivity contribution in [2.45, 2.75) is 3.79 Å². The lowest BCUT2D eigenvalue weighted by Crippen LogP contribution is -2.12. The smallest absolute Gasteiger partial charge is 0.235 e. The Kier molecular flexibility index (Phi) is 3.56. The number of benzene rings is 1. The summed E-state index contributed by atoms with van der Waals surface area (Å²) in [6, 6.07) is 5.46. The zero-order chi connectivity index (χ0) is 13.3. The maximum atomic E-state index is 13.1. The van der Waals surface area contributed by atoms with Gasteiger partial charge in [-0.1, -0.05) is 46.1 Å². The van der Waals surface area contributed by atoms with Crippen LogP contribution in [0.5, 0.6) is 0 Å². The molecule has 0 atom stereocenters. The SMILES string of the molecule is O=Cc1nnn(-c2cccc(F)c2)c1C(Cl)(Cl)Cl. The van der Waals surface area contributed by atoms with Crippen molar-refractivity contribution in [3.8, 4) is 5.69 Å². The van der Waals surface area contributed by atoms with Crippen molar-refractivity contribution < 1.29 is 9.18 Å². The second-order valence-corrected chi connectivity index (χ2v) is 5.61. The molecule has 4 nitrogen and oxygen atoms in total. The lowest BCUT2D eigenvalue weighted by molar-refractivity contribution is 0.111. The number of halogens is 4. The third-order valence-corrected chi connectivity index (χ3v) is 2.67. The third kappa shape index (κ3) is 2.48. The van der Waals surface area contributed by atoms with E-state index in [1.807, 2.05) is 0 Å². The van der Waals surface area contributed by atoms with E-state index >= 15 is 0 Å². The summed E-state index contributed by atoms with van der Waals surface area (Å²) in [6.45, 7) is 0. The van der Waals surface area contributed by atoms with Crippen molar-refractivity contribution in [2.24, 2.45) is 0 Å². The fourth-order valence-corrected chi connectivity index (χ4v) is 1.96. The fourth-order valence-electron chi connectivity index (χ4n) is 1.43. The molecule has 0 bridgehead atoms. The van der Waals surface area contributed by atoms with Crippen LogP contribution in [-0.2, 0) is 3.79 Å².